The van der Waals surface area contributed by atoms with Gasteiger partial charge in [0.15, 0.2) is 17.3 Å². The Labute approximate surface area is 158 Å². The lowest BCUT2D eigenvalue weighted by Gasteiger charge is -2.13. The number of hydrogen-bond donors (Lipinski definition) is 2. The van der Waals surface area contributed by atoms with Crippen LogP contribution in [-0.4, -0.2) is 29.4 Å². The molecule has 0 unspecified atom stereocenters. The smallest absolute Gasteiger partial charge is 0.249 e. The van der Waals surface area contributed by atoms with E-state index in [2.05, 4.69) is 58.7 Å². The van der Waals surface area contributed by atoms with Gasteiger partial charge < -0.3 is 20.1 Å². The van der Waals surface area contributed by atoms with Crippen LogP contribution in [0.4, 0.5) is 23.1 Å². The number of aromatic nitrogens is 3. The summed E-state index contributed by atoms with van der Waals surface area (Å²) < 4.78 is 10.6. The van der Waals surface area contributed by atoms with E-state index in [9.17, 15) is 0 Å². The number of methoxy groups -OCH3 is 2. The molecule has 0 bridgehead atoms. The summed E-state index contributed by atoms with van der Waals surface area (Å²) in [6.07, 6.45) is 1.57. The molecular weight excluding hydrogens is 342 g/mol. The minimum atomic E-state index is 0.426. The number of aryl methyl sites for hydroxylation is 3. The first-order valence-electron chi connectivity index (χ1n) is 8.54. The molecule has 1 heterocycles. The van der Waals surface area contributed by atoms with Gasteiger partial charge in [0.05, 0.1) is 20.4 Å². The molecule has 0 aliphatic carbocycles. The van der Waals surface area contributed by atoms with E-state index in [1.54, 1.807) is 20.4 Å². The van der Waals surface area contributed by atoms with Crippen molar-refractivity contribution in [3.8, 4) is 11.5 Å². The largest absolute Gasteiger partial charge is 0.493 e. The van der Waals surface area contributed by atoms with E-state index in [1.807, 2.05) is 18.2 Å². The highest BCUT2D eigenvalue weighted by atomic mass is 16.5. The summed E-state index contributed by atoms with van der Waals surface area (Å²) in [5.74, 6) is 2.29. The van der Waals surface area contributed by atoms with E-state index in [4.69, 9.17) is 9.47 Å². The topological polar surface area (TPSA) is 81.2 Å². The summed E-state index contributed by atoms with van der Waals surface area (Å²) in [6.45, 7) is 6.19. The maximum absolute atomic E-state index is 5.33. The third-order valence-corrected chi connectivity index (χ3v) is 4.13. The van der Waals surface area contributed by atoms with E-state index < -0.39 is 0 Å². The molecule has 0 atom stereocenters. The zero-order chi connectivity index (χ0) is 19.4. The lowest BCUT2D eigenvalue weighted by molar-refractivity contribution is 0.355. The van der Waals surface area contributed by atoms with Gasteiger partial charge in [-0.15, -0.1) is 5.10 Å². The molecule has 7 nitrogen and oxygen atoms in total. The molecule has 2 aromatic carbocycles. The standard InChI is InChI=1S/C20H23N5O2/c1-12-8-13(2)19(14(3)9-12)24-20-23-18(11-21-25-20)22-15-6-7-16(26-4)17(10-15)27-5/h6-11H,1-5H3,(H2,22,23,24,25). The molecule has 0 saturated heterocycles. The third-order valence-electron chi connectivity index (χ3n) is 4.13. The Morgan fingerprint density at radius 2 is 1.56 bits per heavy atom. The van der Waals surface area contributed by atoms with E-state index in [0.717, 1.165) is 22.5 Å². The van der Waals surface area contributed by atoms with Crippen molar-refractivity contribution in [3.63, 3.8) is 0 Å². The molecule has 2 N–H and O–H groups in total. The Kier molecular flexibility index (Phi) is 5.40. The summed E-state index contributed by atoms with van der Waals surface area (Å²) in [4.78, 5) is 4.50. The zero-order valence-corrected chi connectivity index (χ0v) is 16.1. The Hall–Kier alpha value is -3.35. The Bertz CT molecular complexity index is 936. The number of rotatable bonds is 6. The molecule has 7 heteroatoms. The quantitative estimate of drug-likeness (QED) is 0.674. The summed E-state index contributed by atoms with van der Waals surface area (Å²) in [5, 5.41) is 14.6. The number of anilines is 4. The van der Waals surface area contributed by atoms with Gasteiger partial charge >= 0.3 is 0 Å². The van der Waals surface area contributed by atoms with Crippen molar-refractivity contribution in [2.24, 2.45) is 0 Å². The minimum Gasteiger partial charge on any atom is -0.493 e. The van der Waals surface area contributed by atoms with Gasteiger partial charge in [-0.1, -0.05) is 17.7 Å². The second-order valence-electron chi connectivity index (χ2n) is 6.26. The van der Waals surface area contributed by atoms with Crippen LogP contribution in [0.15, 0.2) is 36.5 Å². The Morgan fingerprint density at radius 1 is 0.852 bits per heavy atom. The monoisotopic (exact) mass is 365 g/mol. The lowest BCUT2D eigenvalue weighted by atomic mass is 10.1. The molecule has 0 fully saturated rings. The van der Waals surface area contributed by atoms with Crippen molar-refractivity contribution in [2.45, 2.75) is 20.8 Å². The molecular formula is C20H23N5O2. The molecule has 140 valence electrons. The van der Waals surface area contributed by atoms with Gasteiger partial charge in [0, 0.05) is 17.4 Å². The molecule has 0 saturated carbocycles. The predicted octanol–water partition coefficient (Wildman–Crippen LogP) is 4.30. The van der Waals surface area contributed by atoms with Gasteiger partial charge in [-0.25, -0.2) is 0 Å². The van der Waals surface area contributed by atoms with Crippen LogP contribution in [-0.2, 0) is 0 Å². The number of hydrogen-bond acceptors (Lipinski definition) is 7. The van der Waals surface area contributed by atoms with Gasteiger partial charge in [-0.3, -0.25) is 0 Å². The van der Waals surface area contributed by atoms with Gasteiger partial charge in [-0.2, -0.15) is 10.1 Å². The fourth-order valence-electron chi connectivity index (χ4n) is 2.97. The number of ether oxygens (including phenoxy) is 2. The lowest BCUT2D eigenvalue weighted by Crippen LogP contribution is -2.04. The summed E-state index contributed by atoms with van der Waals surface area (Å²) >= 11 is 0. The molecule has 0 aliphatic rings. The predicted molar refractivity (Wildman–Crippen MR) is 107 cm³/mol. The molecule has 0 spiro atoms. The van der Waals surface area contributed by atoms with Crippen LogP contribution in [0.1, 0.15) is 16.7 Å². The van der Waals surface area contributed by atoms with Crippen molar-refractivity contribution >= 4 is 23.1 Å². The maximum atomic E-state index is 5.33. The Balaban J connectivity index is 1.82. The molecule has 27 heavy (non-hydrogen) atoms. The van der Waals surface area contributed by atoms with Gasteiger partial charge in [0.2, 0.25) is 5.95 Å². The minimum absolute atomic E-state index is 0.426. The molecule has 3 rings (SSSR count). The van der Waals surface area contributed by atoms with Crippen LogP contribution in [0, 0.1) is 20.8 Å². The second-order valence-corrected chi connectivity index (χ2v) is 6.26. The van der Waals surface area contributed by atoms with E-state index in [-0.39, 0.29) is 0 Å². The van der Waals surface area contributed by atoms with Crippen molar-refractivity contribution < 1.29 is 9.47 Å². The fraction of sp³-hybridized carbons (Fsp3) is 0.250. The van der Waals surface area contributed by atoms with Crippen molar-refractivity contribution in [3.05, 3.63) is 53.2 Å². The van der Waals surface area contributed by atoms with Crippen molar-refractivity contribution in [1.29, 1.82) is 0 Å². The van der Waals surface area contributed by atoms with E-state index in [0.29, 0.717) is 23.3 Å². The first-order valence-corrected chi connectivity index (χ1v) is 8.54. The highest BCUT2D eigenvalue weighted by Gasteiger charge is 2.09. The highest BCUT2D eigenvalue weighted by Crippen LogP contribution is 2.31. The summed E-state index contributed by atoms with van der Waals surface area (Å²) in [6, 6.07) is 9.78. The van der Waals surface area contributed by atoms with Gasteiger partial charge in [0.25, 0.3) is 0 Å². The first-order chi connectivity index (χ1) is 13.0. The maximum Gasteiger partial charge on any atom is 0.249 e. The highest BCUT2D eigenvalue weighted by molar-refractivity contribution is 5.65. The fourth-order valence-corrected chi connectivity index (χ4v) is 2.97. The first kappa shape index (κ1) is 18.4. The normalized spacial score (nSPS) is 10.4. The average molecular weight is 365 g/mol. The van der Waals surface area contributed by atoms with Crippen LogP contribution in [0.25, 0.3) is 0 Å². The van der Waals surface area contributed by atoms with E-state index in [1.165, 1.54) is 5.56 Å². The number of nitrogens with one attached hydrogen (secondary N) is 2. The number of benzene rings is 2. The second kappa shape index (κ2) is 7.90. The van der Waals surface area contributed by atoms with Crippen LogP contribution >= 0.6 is 0 Å². The molecule has 0 aliphatic heterocycles. The van der Waals surface area contributed by atoms with Gasteiger partial charge in [-0.05, 0) is 44.0 Å². The molecule has 3 aromatic rings. The van der Waals surface area contributed by atoms with Crippen molar-refractivity contribution in [1.82, 2.24) is 15.2 Å². The Morgan fingerprint density at radius 3 is 2.22 bits per heavy atom. The average Bonchev–Trinajstić information content (AvgIpc) is 2.65. The molecule has 0 radical (unpaired) electrons. The van der Waals surface area contributed by atoms with Gasteiger partial charge in [0.1, 0.15) is 0 Å². The van der Waals surface area contributed by atoms with Crippen LogP contribution < -0.4 is 20.1 Å². The van der Waals surface area contributed by atoms with Crippen LogP contribution in [0.5, 0.6) is 11.5 Å². The number of nitrogens with zero attached hydrogens (tertiary/aromatic N) is 3. The molecule has 1 aromatic heterocycles. The zero-order valence-electron chi connectivity index (χ0n) is 16.1. The van der Waals surface area contributed by atoms with Crippen LogP contribution in [0.3, 0.4) is 0 Å². The van der Waals surface area contributed by atoms with Crippen LogP contribution in [0.2, 0.25) is 0 Å². The third kappa shape index (κ3) is 4.25. The summed E-state index contributed by atoms with van der Waals surface area (Å²) in [5.41, 5.74) is 5.29. The summed E-state index contributed by atoms with van der Waals surface area (Å²) in [7, 11) is 3.20. The van der Waals surface area contributed by atoms with E-state index >= 15 is 0 Å². The van der Waals surface area contributed by atoms with Crippen molar-refractivity contribution in [2.75, 3.05) is 24.9 Å². The molecule has 0 amide bonds. The SMILES string of the molecule is COc1ccc(Nc2cnnc(Nc3c(C)cc(C)cc3C)n2)cc1OC.